The van der Waals surface area contributed by atoms with Crippen molar-refractivity contribution in [1.82, 2.24) is 10.3 Å². The van der Waals surface area contributed by atoms with Crippen molar-refractivity contribution in [2.24, 2.45) is 0 Å². The topological polar surface area (TPSA) is 71.2 Å². The maximum atomic E-state index is 12.9. The summed E-state index contributed by atoms with van der Waals surface area (Å²) < 4.78 is 84.6. The normalized spacial score (nSPS) is 13.1. The molecule has 0 aliphatic rings. The van der Waals surface area contributed by atoms with Crippen LogP contribution in [0.5, 0.6) is 0 Å². The van der Waals surface area contributed by atoms with Crippen LogP contribution in [0.3, 0.4) is 0 Å². The summed E-state index contributed by atoms with van der Waals surface area (Å²) in [5.41, 5.74) is -5.52. The SMILES string of the molecule is OC(c1ccc(NSc2ccc(Cl)c3nonc23)cc1)(C(F)(F)F)C(F)(F)F. The number of hydrogen-bond acceptors (Lipinski definition) is 6. The van der Waals surface area contributed by atoms with Gasteiger partial charge < -0.3 is 9.83 Å². The number of fused-ring (bicyclic) bond motifs is 1. The molecule has 150 valence electrons. The number of benzene rings is 2. The molecule has 0 aliphatic carbocycles. The minimum absolute atomic E-state index is 0.181. The number of nitrogens with one attached hydrogen (secondary N) is 1. The van der Waals surface area contributed by atoms with E-state index in [9.17, 15) is 31.4 Å². The Kier molecular flexibility index (Phi) is 5.15. The molecule has 0 aliphatic heterocycles. The molecule has 3 aromatic rings. The van der Waals surface area contributed by atoms with Crippen LogP contribution in [0.25, 0.3) is 11.0 Å². The van der Waals surface area contributed by atoms with E-state index in [0.29, 0.717) is 33.1 Å². The van der Waals surface area contributed by atoms with Crippen LogP contribution >= 0.6 is 23.5 Å². The Morgan fingerprint density at radius 3 is 2.04 bits per heavy atom. The largest absolute Gasteiger partial charge is 0.430 e. The molecule has 0 saturated heterocycles. The molecule has 2 N–H and O–H groups in total. The fraction of sp³-hybridized carbons (Fsp3) is 0.200. The molecule has 1 aromatic heterocycles. The number of hydrogen-bond donors (Lipinski definition) is 2. The minimum atomic E-state index is -5.94. The lowest BCUT2D eigenvalue weighted by Gasteiger charge is -2.32. The maximum Gasteiger partial charge on any atom is 0.430 e. The van der Waals surface area contributed by atoms with Crippen LogP contribution < -0.4 is 4.72 Å². The smallest absolute Gasteiger partial charge is 0.369 e. The lowest BCUT2D eigenvalue weighted by atomic mass is 9.92. The number of nitrogens with zero attached hydrogens (tertiary/aromatic N) is 2. The third-order valence-electron chi connectivity index (χ3n) is 3.73. The summed E-state index contributed by atoms with van der Waals surface area (Å²) in [5, 5.41) is 17.0. The first-order valence-corrected chi connectivity index (χ1v) is 8.44. The molecule has 0 radical (unpaired) electrons. The van der Waals surface area contributed by atoms with Gasteiger partial charge in [-0.25, -0.2) is 4.63 Å². The van der Waals surface area contributed by atoms with Gasteiger partial charge in [0.2, 0.25) is 0 Å². The number of alkyl halides is 6. The predicted molar refractivity (Wildman–Crippen MR) is 88.7 cm³/mol. The van der Waals surface area contributed by atoms with Crippen molar-refractivity contribution in [1.29, 1.82) is 0 Å². The second kappa shape index (κ2) is 7.01. The summed E-state index contributed by atoms with van der Waals surface area (Å²) in [6.07, 6.45) is -11.9. The monoisotopic (exact) mass is 443 g/mol. The Hall–Kier alpha value is -2.18. The van der Waals surface area contributed by atoms with Crippen LogP contribution in [0, 0.1) is 0 Å². The van der Waals surface area contributed by atoms with Gasteiger partial charge in [-0.15, -0.1) is 0 Å². The standard InChI is InChI=1S/C15H8ClF6N3O2S/c16-9-5-6-10(12-11(9)23-27-24-12)28-25-8-3-1-7(2-4-8)13(26,14(17,18)19)15(20,21)22/h1-6,25-26H. The number of rotatable bonds is 4. The van der Waals surface area contributed by atoms with Crippen molar-refractivity contribution >= 4 is 40.3 Å². The van der Waals surface area contributed by atoms with E-state index in [2.05, 4.69) is 19.7 Å². The van der Waals surface area contributed by atoms with Crippen molar-refractivity contribution in [2.75, 3.05) is 4.72 Å². The van der Waals surface area contributed by atoms with Crippen LogP contribution in [0.15, 0.2) is 45.9 Å². The van der Waals surface area contributed by atoms with Gasteiger partial charge in [0.05, 0.1) is 9.92 Å². The van der Waals surface area contributed by atoms with Crippen molar-refractivity contribution in [3.05, 3.63) is 47.0 Å². The molecule has 0 unspecified atom stereocenters. The second-order valence-corrected chi connectivity index (χ2v) is 6.75. The molecule has 1 heterocycles. The molecule has 0 bridgehead atoms. The molecule has 2 aromatic carbocycles. The fourth-order valence-electron chi connectivity index (χ4n) is 2.28. The van der Waals surface area contributed by atoms with Gasteiger partial charge in [0.25, 0.3) is 5.60 Å². The van der Waals surface area contributed by atoms with E-state index < -0.39 is 23.5 Å². The quantitative estimate of drug-likeness (QED) is 0.421. The number of aliphatic hydroxyl groups is 1. The van der Waals surface area contributed by atoms with Crippen LogP contribution in [0.2, 0.25) is 5.02 Å². The fourth-order valence-corrected chi connectivity index (χ4v) is 3.20. The Morgan fingerprint density at radius 2 is 1.46 bits per heavy atom. The molecular formula is C15H8ClF6N3O2S. The Bertz CT molecular complexity index is 976. The number of aromatic nitrogens is 2. The van der Waals surface area contributed by atoms with Gasteiger partial charge in [-0.05, 0) is 46.5 Å². The Labute approximate surface area is 161 Å². The van der Waals surface area contributed by atoms with Crippen LogP contribution in [0.1, 0.15) is 5.56 Å². The second-order valence-electron chi connectivity index (χ2n) is 5.49. The van der Waals surface area contributed by atoms with Crippen molar-refractivity contribution < 1.29 is 36.1 Å². The molecule has 28 heavy (non-hydrogen) atoms. The summed E-state index contributed by atoms with van der Waals surface area (Å²) >= 11 is 6.88. The van der Waals surface area contributed by atoms with E-state index in [1.165, 1.54) is 6.07 Å². The van der Waals surface area contributed by atoms with Crippen LogP contribution in [-0.2, 0) is 5.60 Å². The highest BCUT2D eigenvalue weighted by Gasteiger charge is 2.71. The van der Waals surface area contributed by atoms with Gasteiger partial charge in [0.1, 0.15) is 0 Å². The summed E-state index contributed by atoms with van der Waals surface area (Å²) in [6.45, 7) is 0. The van der Waals surface area contributed by atoms with Crippen molar-refractivity contribution in [2.45, 2.75) is 22.8 Å². The van der Waals surface area contributed by atoms with E-state index in [1.807, 2.05) is 0 Å². The van der Waals surface area contributed by atoms with Crippen LogP contribution in [-0.4, -0.2) is 27.8 Å². The first kappa shape index (κ1) is 20.6. The Balaban J connectivity index is 1.83. The third kappa shape index (κ3) is 3.47. The molecule has 0 amide bonds. The lowest BCUT2D eigenvalue weighted by Crippen LogP contribution is -2.53. The predicted octanol–water partition coefficient (Wildman–Crippen LogP) is 5.31. The first-order chi connectivity index (χ1) is 12.9. The molecule has 5 nitrogen and oxygen atoms in total. The summed E-state index contributed by atoms with van der Waals surface area (Å²) in [4.78, 5) is 0.506. The van der Waals surface area contributed by atoms with E-state index in [-0.39, 0.29) is 5.69 Å². The molecule has 0 atom stereocenters. The summed E-state index contributed by atoms with van der Waals surface area (Å²) in [7, 11) is 0. The summed E-state index contributed by atoms with van der Waals surface area (Å²) in [6, 6.07) is 6.12. The van der Waals surface area contributed by atoms with E-state index in [0.717, 1.165) is 24.1 Å². The van der Waals surface area contributed by atoms with Gasteiger partial charge in [-0.1, -0.05) is 23.7 Å². The van der Waals surface area contributed by atoms with Gasteiger partial charge in [0.15, 0.2) is 11.0 Å². The van der Waals surface area contributed by atoms with E-state index in [1.54, 1.807) is 6.07 Å². The highest BCUT2D eigenvalue weighted by molar-refractivity contribution is 8.00. The molecule has 13 heteroatoms. The van der Waals surface area contributed by atoms with E-state index in [4.69, 9.17) is 11.6 Å². The zero-order valence-corrected chi connectivity index (χ0v) is 14.8. The van der Waals surface area contributed by atoms with Gasteiger partial charge in [0, 0.05) is 11.3 Å². The van der Waals surface area contributed by atoms with E-state index >= 15 is 0 Å². The van der Waals surface area contributed by atoms with Gasteiger partial charge in [-0.3, -0.25) is 0 Å². The lowest BCUT2D eigenvalue weighted by molar-refractivity contribution is -0.376. The maximum absolute atomic E-state index is 12.9. The van der Waals surface area contributed by atoms with Crippen LogP contribution in [0.4, 0.5) is 32.0 Å². The number of halogens is 7. The molecule has 3 rings (SSSR count). The third-order valence-corrected chi connectivity index (χ3v) is 4.92. The van der Waals surface area contributed by atoms with Crippen molar-refractivity contribution in [3.63, 3.8) is 0 Å². The molecule has 0 spiro atoms. The zero-order chi connectivity index (χ0) is 20.7. The highest BCUT2D eigenvalue weighted by Crippen LogP contribution is 2.50. The first-order valence-electron chi connectivity index (χ1n) is 7.25. The van der Waals surface area contributed by atoms with Gasteiger partial charge in [-0.2, -0.15) is 26.3 Å². The van der Waals surface area contributed by atoms with Crippen molar-refractivity contribution in [3.8, 4) is 0 Å². The molecule has 0 saturated carbocycles. The van der Waals surface area contributed by atoms with Gasteiger partial charge >= 0.3 is 12.4 Å². The zero-order valence-electron chi connectivity index (χ0n) is 13.3. The molecular weight excluding hydrogens is 436 g/mol. The number of anilines is 1. The average Bonchev–Trinajstić information content (AvgIpc) is 3.10. The average molecular weight is 444 g/mol. The Morgan fingerprint density at radius 1 is 0.893 bits per heavy atom. The summed E-state index contributed by atoms with van der Waals surface area (Å²) in [5.74, 6) is 0. The minimum Gasteiger partial charge on any atom is -0.369 e. The molecule has 0 fully saturated rings. The highest BCUT2D eigenvalue weighted by atomic mass is 35.5.